The molecule has 0 aliphatic heterocycles. The number of unbranched alkanes of at least 4 members (excludes halogenated alkanes) is 1. The standard InChI is InChI=1S/C9H17N3/c1-4-5-6-8-9(10)12(3)7(2)11-8/h4-6,10H2,1-3H3. The number of hydrogen-bond acceptors (Lipinski definition) is 2. The van der Waals surface area contributed by atoms with Crippen molar-refractivity contribution in [2.24, 2.45) is 7.05 Å². The highest BCUT2D eigenvalue weighted by Crippen LogP contribution is 2.14. The molecule has 1 heterocycles. The Kier molecular flexibility index (Phi) is 2.74. The maximum Gasteiger partial charge on any atom is 0.126 e. The molecule has 0 amide bonds. The molecule has 0 saturated carbocycles. The summed E-state index contributed by atoms with van der Waals surface area (Å²) in [5.74, 6) is 1.82. The van der Waals surface area contributed by atoms with Crippen LogP contribution in [0.3, 0.4) is 0 Å². The Hall–Kier alpha value is -0.990. The lowest BCUT2D eigenvalue weighted by Crippen LogP contribution is -1.99. The third-order valence-corrected chi connectivity index (χ3v) is 2.21. The first kappa shape index (κ1) is 9.10. The number of rotatable bonds is 3. The molecule has 0 aromatic carbocycles. The van der Waals surface area contributed by atoms with E-state index >= 15 is 0 Å². The molecule has 0 atom stereocenters. The van der Waals surface area contributed by atoms with E-state index in [1.54, 1.807) is 0 Å². The molecule has 0 radical (unpaired) electrons. The second-order valence-corrected chi connectivity index (χ2v) is 3.15. The zero-order valence-corrected chi connectivity index (χ0v) is 8.09. The molecule has 0 aliphatic carbocycles. The number of nitrogen functional groups attached to an aromatic ring is 1. The van der Waals surface area contributed by atoms with E-state index in [4.69, 9.17) is 5.73 Å². The largest absolute Gasteiger partial charge is 0.384 e. The Bertz CT molecular complexity index is 263. The summed E-state index contributed by atoms with van der Waals surface area (Å²) >= 11 is 0. The molecule has 0 fully saturated rings. The van der Waals surface area contributed by atoms with Crippen LogP contribution in [-0.4, -0.2) is 9.55 Å². The zero-order valence-electron chi connectivity index (χ0n) is 8.09. The molecular weight excluding hydrogens is 150 g/mol. The Morgan fingerprint density at radius 3 is 2.58 bits per heavy atom. The number of aromatic nitrogens is 2. The van der Waals surface area contributed by atoms with E-state index in [-0.39, 0.29) is 0 Å². The molecule has 1 aromatic heterocycles. The maximum absolute atomic E-state index is 5.84. The second kappa shape index (κ2) is 3.61. The Labute approximate surface area is 73.6 Å². The lowest BCUT2D eigenvalue weighted by molar-refractivity contribution is 0.781. The first-order valence-electron chi connectivity index (χ1n) is 4.44. The van der Waals surface area contributed by atoms with Crippen LogP contribution in [0.2, 0.25) is 0 Å². The molecule has 3 nitrogen and oxygen atoms in total. The molecule has 0 bridgehead atoms. The summed E-state index contributed by atoms with van der Waals surface area (Å²) in [7, 11) is 1.95. The van der Waals surface area contributed by atoms with Gasteiger partial charge in [-0.15, -0.1) is 0 Å². The van der Waals surface area contributed by atoms with Crippen LogP contribution in [0.15, 0.2) is 0 Å². The van der Waals surface area contributed by atoms with Gasteiger partial charge in [-0.05, 0) is 19.8 Å². The quantitative estimate of drug-likeness (QED) is 0.744. The van der Waals surface area contributed by atoms with Gasteiger partial charge in [0, 0.05) is 7.05 Å². The average molecular weight is 167 g/mol. The third kappa shape index (κ3) is 1.60. The third-order valence-electron chi connectivity index (χ3n) is 2.21. The normalized spacial score (nSPS) is 10.6. The van der Waals surface area contributed by atoms with E-state index in [9.17, 15) is 0 Å². The molecule has 0 aliphatic rings. The van der Waals surface area contributed by atoms with Crippen molar-refractivity contribution in [1.82, 2.24) is 9.55 Å². The van der Waals surface area contributed by atoms with Crippen molar-refractivity contribution >= 4 is 5.82 Å². The summed E-state index contributed by atoms with van der Waals surface area (Å²) in [5.41, 5.74) is 6.90. The molecule has 0 unspecified atom stereocenters. The molecule has 1 rings (SSSR count). The van der Waals surface area contributed by atoms with Gasteiger partial charge in [-0.1, -0.05) is 13.3 Å². The molecule has 1 aromatic rings. The van der Waals surface area contributed by atoms with E-state index in [2.05, 4.69) is 11.9 Å². The summed E-state index contributed by atoms with van der Waals surface area (Å²) < 4.78 is 1.94. The van der Waals surface area contributed by atoms with Gasteiger partial charge in [0.2, 0.25) is 0 Å². The van der Waals surface area contributed by atoms with Crippen LogP contribution in [0.5, 0.6) is 0 Å². The van der Waals surface area contributed by atoms with Crippen LogP contribution in [0, 0.1) is 6.92 Å². The fourth-order valence-electron chi connectivity index (χ4n) is 1.22. The molecular formula is C9H17N3. The molecule has 0 saturated heterocycles. The Morgan fingerprint density at radius 1 is 1.50 bits per heavy atom. The molecule has 0 spiro atoms. The molecule has 68 valence electrons. The summed E-state index contributed by atoms with van der Waals surface area (Å²) in [6.07, 6.45) is 3.36. The fourth-order valence-corrected chi connectivity index (χ4v) is 1.22. The predicted octanol–water partition coefficient (Wildman–Crippen LogP) is 1.65. The summed E-state index contributed by atoms with van der Waals surface area (Å²) in [6.45, 7) is 4.15. The van der Waals surface area contributed by atoms with Gasteiger partial charge >= 0.3 is 0 Å². The van der Waals surface area contributed by atoms with Crippen LogP contribution in [0.1, 0.15) is 31.3 Å². The van der Waals surface area contributed by atoms with E-state index in [0.717, 1.165) is 23.8 Å². The van der Waals surface area contributed by atoms with Crippen LogP contribution in [-0.2, 0) is 13.5 Å². The molecule has 2 N–H and O–H groups in total. The van der Waals surface area contributed by atoms with Gasteiger partial charge in [-0.25, -0.2) is 4.98 Å². The van der Waals surface area contributed by atoms with Gasteiger partial charge in [0.15, 0.2) is 0 Å². The first-order chi connectivity index (χ1) is 5.66. The van der Waals surface area contributed by atoms with Crippen LogP contribution < -0.4 is 5.73 Å². The van der Waals surface area contributed by atoms with E-state index in [1.165, 1.54) is 12.8 Å². The number of hydrogen-bond donors (Lipinski definition) is 1. The summed E-state index contributed by atoms with van der Waals surface area (Å²) in [4.78, 5) is 4.39. The van der Waals surface area contributed by atoms with Crippen LogP contribution in [0.4, 0.5) is 5.82 Å². The highest BCUT2D eigenvalue weighted by atomic mass is 15.1. The van der Waals surface area contributed by atoms with E-state index in [0.29, 0.717) is 0 Å². The Balaban J connectivity index is 2.79. The van der Waals surface area contributed by atoms with E-state index < -0.39 is 0 Å². The van der Waals surface area contributed by atoms with Gasteiger partial charge < -0.3 is 10.3 Å². The van der Waals surface area contributed by atoms with Crippen molar-refractivity contribution in [3.05, 3.63) is 11.5 Å². The number of aryl methyl sites for hydroxylation is 2. The minimum atomic E-state index is 0.820. The van der Waals surface area contributed by atoms with Crippen LogP contribution in [0.25, 0.3) is 0 Å². The van der Waals surface area contributed by atoms with Crippen molar-refractivity contribution in [3.8, 4) is 0 Å². The van der Waals surface area contributed by atoms with Crippen molar-refractivity contribution in [1.29, 1.82) is 0 Å². The first-order valence-corrected chi connectivity index (χ1v) is 4.44. The lowest BCUT2D eigenvalue weighted by atomic mass is 10.2. The van der Waals surface area contributed by atoms with Crippen molar-refractivity contribution in [2.45, 2.75) is 33.1 Å². The number of nitrogens with two attached hydrogens (primary N) is 1. The van der Waals surface area contributed by atoms with Gasteiger partial charge in [0.1, 0.15) is 11.6 Å². The summed E-state index contributed by atoms with van der Waals surface area (Å²) in [5, 5.41) is 0. The molecule has 12 heavy (non-hydrogen) atoms. The van der Waals surface area contributed by atoms with Gasteiger partial charge in [-0.2, -0.15) is 0 Å². The average Bonchev–Trinajstić information content (AvgIpc) is 2.30. The van der Waals surface area contributed by atoms with Crippen LogP contribution >= 0.6 is 0 Å². The fraction of sp³-hybridized carbons (Fsp3) is 0.667. The monoisotopic (exact) mass is 167 g/mol. The lowest BCUT2D eigenvalue weighted by Gasteiger charge is -1.98. The number of nitrogens with zero attached hydrogens (tertiary/aromatic N) is 2. The van der Waals surface area contributed by atoms with Gasteiger partial charge in [0.05, 0.1) is 5.69 Å². The zero-order chi connectivity index (χ0) is 9.14. The van der Waals surface area contributed by atoms with Crippen molar-refractivity contribution in [2.75, 3.05) is 5.73 Å². The Morgan fingerprint density at radius 2 is 2.17 bits per heavy atom. The smallest absolute Gasteiger partial charge is 0.126 e. The maximum atomic E-state index is 5.84. The molecule has 3 heteroatoms. The van der Waals surface area contributed by atoms with Gasteiger partial charge in [0.25, 0.3) is 0 Å². The van der Waals surface area contributed by atoms with E-state index in [1.807, 2.05) is 18.5 Å². The summed E-state index contributed by atoms with van der Waals surface area (Å²) in [6, 6.07) is 0. The van der Waals surface area contributed by atoms with Crippen molar-refractivity contribution < 1.29 is 0 Å². The predicted molar refractivity (Wildman–Crippen MR) is 51.0 cm³/mol. The van der Waals surface area contributed by atoms with Gasteiger partial charge in [-0.3, -0.25) is 0 Å². The minimum absolute atomic E-state index is 0.820. The second-order valence-electron chi connectivity index (χ2n) is 3.15. The highest BCUT2D eigenvalue weighted by Gasteiger charge is 2.07. The van der Waals surface area contributed by atoms with Crippen molar-refractivity contribution in [3.63, 3.8) is 0 Å². The highest BCUT2D eigenvalue weighted by molar-refractivity contribution is 5.37. The number of anilines is 1. The minimum Gasteiger partial charge on any atom is -0.384 e. The SMILES string of the molecule is CCCCc1nc(C)n(C)c1N. The number of imidazole rings is 1. The topological polar surface area (TPSA) is 43.8 Å².